The van der Waals surface area contributed by atoms with E-state index in [0.717, 1.165) is 20.3 Å². The molecule has 0 aliphatic carbocycles. The summed E-state index contributed by atoms with van der Waals surface area (Å²) in [4.78, 5) is 0. The lowest BCUT2D eigenvalue weighted by Crippen LogP contribution is -1.81. The molecule has 4 heteroatoms. The number of fused-ring (bicyclic) bond motifs is 1. The van der Waals surface area contributed by atoms with Crippen LogP contribution < -0.4 is 4.74 Å². The quantitative estimate of drug-likeness (QED) is 0.792. The zero-order chi connectivity index (χ0) is 10.1. The SMILES string of the molecule is COc1csc2c(C#N)cc(Br)cc12. The molecule has 0 radical (unpaired) electrons. The third kappa shape index (κ3) is 1.39. The van der Waals surface area contributed by atoms with Gasteiger partial charge in [0.1, 0.15) is 11.8 Å². The molecule has 1 aromatic carbocycles. The minimum Gasteiger partial charge on any atom is -0.495 e. The summed E-state index contributed by atoms with van der Waals surface area (Å²) in [5, 5.41) is 11.8. The monoisotopic (exact) mass is 267 g/mol. The predicted octanol–water partition coefficient (Wildman–Crippen LogP) is 3.54. The maximum absolute atomic E-state index is 8.94. The molecule has 2 aromatic rings. The molecule has 0 fully saturated rings. The predicted molar refractivity (Wildman–Crippen MR) is 60.8 cm³/mol. The topological polar surface area (TPSA) is 33.0 Å². The van der Waals surface area contributed by atoms with Crippen molar-refractivity contribution >= 4 is 37.4 Å². The molecule has 0 aliphatic rings. The summed E-state index contributed by atoms with van der Waals surface area (Å²) in [5.41, 5.74) is 0.683. The normalized spacial score (nSPS) is 10.1. The molecule has 2 rings (SSSR count). The van der Waals surface area contributed by atoms with Crippen LogP contribution in [0.25, 0.3) is 10.1 Å². The van der Waals surface area contributed by atoms with Crippen molar-refractivity contribution in [3.05, 3.63) is 27.5 Å². The zero-order valence-electron chi connectivity index (χ0n) is 7.37. The van der Waals surface area contributed by atoms with Gasteiger partial charge in [0.05, 0.1) is 17.4 Å². The third-order valence-corrected chi connectivity index (χ3v) is 3.41. The van der Waals surface area contributed by atoms with Crippen molar-refractivity contribution in [3.63, 3.8) is 0 Å². The molecular formula is C10H6BrNOS. The van der Waals surface area contributed by atoms with Crippen LogP contribution in [0.1, 0.15) is 5.56 Å². The molecule has 0 saturated heterocycles. The van der Waals surface area contributed by atoms with Gasteiger partial charge in [0, 0.05) is 15.2 Å². The number of thiophene rings is 1. The highest BCUT2D eigenvalue weighted by molar-refractivity contribution is 9.10. The Labute approximate surface area is 93.9 Å². The van der Waals surface area contributed by atoms with Crippen LogP contribution in [0.3, 0.4) is 0 Å². The Morgan fingerprint density at radius 3 is 2.93 bits per heavy atom. The van der Waals surface area contributed by atoms with E-state index in [1.54, 1.807) is 7.11 Å². The van der Waals surface area contributed by atoms with Crippen molar-refractivity contribution in [2.75, 3.05) is 7.11 Å². The number of nitrogens with zero attached hydrogens (tertiary/aromatic N) is 1. The van der Waals surface area contributed by atoms with E-state index in [0.29, 0.717) is 5.56 Å². The maximum Gasteiger partial charge on any atom is 0.137 e. The van der Waals surface area contributed by atoms with E-state index in [4.69, 9.17) is 10.00 Å². The van der Waals surface area contributed by atoms with Crippen molar-refractivity contribution in [1.29, 1.82) is 5.26 Å². The second-order valence-corrected chi connectivity index (χ2v) is 4.54. The van der Waals surface area contributed by atoms with Gasteiger partial charge in [0.2, 0.25) is 0 Å². The van der Waals surface area contributed by atoms with Gasteiger partial charge in [-0.3, -0.25) is 0 Å². The van der Waals surface area contributed by atoms with E-state index < -0.39 is 0 Å². The Morgan fingerprint density at radius 2 is 2.29 bits per heavy atom. The van der Waals surface area contributed by atoms with E-state index in [1.807, 2.05) is 17.5 Å². The van der Waals surface area contributed by atoms with Gasteiger partial charge < -0.3 is 4.74 Å². The second-order valence-electron chi connectivity index (χ2n) is 2.75. The number of halogens is 1. The van der Waals surface area contributed by atoms with Gasteiger partial charge in [-0.15, -0.1) is 11.3 Å². The standard InChI is InChI=1S/C10H6BrNOS/c1-13-9-5-14-10-6(4-12)2-7(11)3-8(9)10/h2-3,5H,1H3. The molecule has 2 nitrogen and oxygen atoms in total. The first-order chi connectivity index (χ1) is 6.76. The van der Waals surface area contributed by atoms with Crippen LogP contribution in [0, 0.1) is 11.3 Å². The largest absolute Gasteiger partial charge is 0.495 e. The molecule has 1 heterocycles. The summed E-state index contributed by atoms with van der Waals surface area (Å²) in [7, 11) is 1.63. The third-order valence-electron chi connectivity index (χ3n) is 1.94. The number of ether oxygens (including phenoxy) is 1. The number of nitriles is 1. The fraction of sp³-hybridized carbons (Fsp3) is 0.100. The number of hydrogen-bond donors (Lipinski definition) is 0. The summed E-state index contributed by atoms with van der Waals surface area (Å²) in [6.45, 7) is 0. The Bertz CT molecular complexity index is 527. The van der Waals surface area contributed by atoms with E-state index >= 15 is 0 Å². The molecule has 1 aromatic heterocycles. The molecule has 14 heavy (non-hydrogen) atoms. The first-order valence-corrected chi connectivity index (χ1v) is 5.58. The second kappa shape index (κ2) is 3.60. The highest BCUT2D eigenvalue weighted by Crippen LogP contribution is 2.36. The molecule has 70 valence electrons. The fourth-order valence-electron chi connectivity index (χ4n) is 1.32. The Kier molecular flexibility index (Phi) is 2.44. The molecule has 0 spiro atoms. The number of benzene rings is 1. The fourth-order valence-corrected chi connectivity index (χ4v) is 2.74. The molecule has 0 aliphatic heterocycles. The molecule has 0 amide bonds. The Hall–Kier alpha value is -1.05. The first kappa shape index (κ1) is 9.50. The number of methoxy groups -OCH3 is 1. The highest BCUT2D eigenvalue weighted by Gasteiger charge is 2.09. The molecule has 0 atom stereocenters. The molecule has 0 N–H and O–H groups in total. The summed E-state index contributed by atoms with van der Waals surface area (Å²) >= 11 is 4.90. The van der Waals surface area contributed by atoms with Crippen LogP contribution in [0.4, 0.5) is 0 Å². The lowest BCUT2D eigenvalue weighted by molar-refractivity contribution is 0.421. The average Bonchev–Trinajstić information content (AvgIpc) is 2.59. The van der Waals surface area contributed by atoms with E-state index in [1.165, 1.54) is 11.3 Å². The number of hydrogen-bond acceptors (Lipinski definition) is 3. The van der Waals surface area contributed by atoms with Gasteiger partial charge in [-0.05, 0) is 12.1 Å². The Morgan fingerprint density at radius 1 is 1.50 bits per heavy atom. The van der Waals surface area contributed by atoms with Gasteiger partial charge >= 0.3 is 0 Å². The Balaban J connectivity index is 2.85. The van der Waals surface area contributed by atoms with Gasteiger partial charge in [0.15, 0.2) is 0 Å². The van der Waals surface area contributed by atoms with Crippen molar-refractivity contribution in [2.45, 2.75) is 0 Å². The van der Waals surface area contributed by atoms with E-state index in [2.05, 4.69) is 22.0 Å². The van der Waals surface area contributed by atoms with Crippen molar-refractivity contribution in [3.8, 4) is 11.8 Å². The lowest BCUT2D eigenvalue weighted by atomic mass is 10.2. The smallest absolute Gasteiger partial charge is 0.137 e. The van der Waals surface area contributed by atoms with Crippen LogP contribution in [0.15, 0.2) is 22.0 Å². The first-order valence-electron chi connectivity index (χ1n) is 3.91. The van der Waals surface area contributed by atoms with Crippen LogP contribution in [-0.4, -0.2) is 7.11 Å². The maximum atomic E-state index is 8.94. The van der Waals surface area contributed by atoms with Gasteiger partial charge in [-0.2, -0.15) is 5.26 Å². The average molecular weight is 268 g/mol. The van der Waals surface area contributed by atoms with Crippen molar-refractivity contribution in [1.82, 2.24) is 0 Å². The molecule has 0 unspecified atom stereocenters. The minimum absolute atomic E-state index is 0.683. The molecular weight excluding hydrogens is 262 g/mol. The van der Waals surface area contributed by atoms with Crippen LogP contribution in [-0.2, 0) is 0 Å². The van der Waals surface area contributed by atoms with E-state index in [9.17, 15) is 0 Å². The van der Waals surface area contributed by atoms with Gasteiger partial charge in [-0.25, -0.2) is 0 Å². The summed E-state index contributed by atoms with van der Waals surface area (Å²) in [5.74, 6) is 0.822. The van der Waals surface area contributed by atoms with Crippen molar-refractivity contribution < 1.29 is 4.74 Å². The molecule has 0 bridgehead atoms. The lowest BCUT2D eigenvalue weighted by Gasteiger charge is -1.98. The van der Waals surface area contributed by atoms with E-state index in [-0.39, 0.29) is 0 Å². The van der Waals surface area contributed by atoms with Gasteiger partial charge in [0.25, 0.3) is 0 Å². The minimum atomic E-state index is 0.683. The van der Waals surface area contributed by atoms with Crippen molar-refractivity contribution in [2.24, 2.45) is 0 Å². The van der Waals surface area contributed by atoms with Crippen LogP contribution in [0.5, 0.6) is 5.75 Å². The molecule has 0 saturated carbocycles. The highest BCUT2D eigenvalue weighted by atomic mass is 79.9. The summed E-state index contributed by atoms with van der Waals surface area (Å²) in [6.07, 6.45) is 0. The summed E-state index contributed by atoms with van der Waals surface area (Å²) < 4.78 is 7.08. The summed E-state index contributed by atoms with van der Waals surface area (Å²) in [6, 6.07) is 5.95. The van der Waals surface area contributed by atoms with Crippen LogP contribution in [0.2, 0.25) is 0 Å². The van der Waals surface area contributed by atoms with Crippen LogP contribution >= 0.6 is 27.3 Å². The number of rotatable bonds is 1. The van der Waals surface area contributed by atoms with Gasteiger partial charge in [-0.1, -0.05) is 15.9 Å². The zero-order valence-corrected chi connectivity index (χ0v) is 9.78.